The molecule has 0 saturated heterocycles. The predicted octanol–water partition coefficient (Wildman–Crippen LogP) is 1.66. The van der Waals surface area contributed by atoms with Gasteiger partial charge in [0.1, 0.15) is 0 Å². The van der Waals surface area contributed by atoms with Crippen molar-refractivity contribution < 1.29 is 26.5 Å². The second kappa shape index (κ2) is 10.7. The van der Waals surface area contributed by atoms with Crippen LogP contribution in [-0.2, 0) is 23.3 Å². The molecule has 1 rings (SSSR count). The molecule has 0 bridgehead atoms. The number of rotatable bonds is 12. The third-order valence-corrected chi connectivity index (χ3v) is 7.78. The van der Waals surface area contributed by atoms with Gasteiger partial charge in [0, 0.05) is 38.1 Å². The molecule has 0 saturated carbocycles. The van der Waals surface area contributed by atoms with Gasteiger partial charge in [0.05, 0.1) is 4.90 Å². The Bertz CT molecular complexity index is 682. The minimum atomic E-state index is -3.80. The number of hydrogen-bond acceptors (Lipinski definition) is 6. The molecule has 0 aliphatic heterocycles. The van der Waals surface area contributed by atoms with Crippen LogP contribution in [0.1, 0.15) is 27.2 Å². The molecule has 1 aromatic carbocycles. The first-order valence-corrected chi connectivity index (χ1v) is 12.3. The maximum Gasteiger partial charge on any atom is 0.500 e. The summed E-state index contributed by atoms with van der Waals surface area (Å²) in [7, 11) is -6.61. The molecule has 2 amide bonds. The Kier molecular flexibility index (Phi) is 9.36. The van der Waals surface area contributed by atoms with Crippen LogP contribution in [0.3, 0.4) is 0 Å². The van der Waals surface area contributed by atoms with E-state index in [1.165, 1.54) is 29.2 Å². The third kappa shape index (κ3) is 7.20. The van der Waals surface area contributed by atoms with E-state index >= 15 is 0 Å². The minimum Gasteiger partial charge on any atom is -0.374 e. The normalized spacial score (nSPS) is 12.1. The SMILES string of the molecule is CCO[Si](CCCN(C(N)=O)c1ccc(S(N)(=O)=O)cc1)(OCC)OCC. The molecule has 0 fully saturated rings. The summed E-state index contributed by atoms with van der Waals surface area (Å²) in [6.45, 7) is 7.36. The first-order valence-electron chi connectivity index (χ1n) is 8.80. The summed E-state index contributed by atoms with van der Waals surface area (Å²) in [6.07, 6.45) is 0.548. The summed E-state index contributed by atoms with van der Waals surface area (Å²) < 4.78 is 40.1. The smallest absolute Gasteiger partial charge is 0.374 e. The van der Waals surface area contributed by atoms with Crippen molar-refractivity contribution in [2.24, 2.45) is 10.9 Å². The quantitative estimate of drug-likeness (QED) is 0.495. The molecular weight excluding hydrogens is 390 g/mol. The van der Waals surface area contributed by atoms with Crippen LogP contribution in [0.4, 0.5) is 10.5 Å². The van der Waals surface area contributed by atoms with E-state index in [0.717, 1.165) is 0 Å². The van der Waals surface area contributed by atoms with E-state index in [-0.39, 0.29) is 4.90 Å². The number of anilines is 1. The molecule has 0 spiro atoms. The Morgan fingerprint density at radius 3 is 1.89 bits per heavy atom. The molecule has 0 aliphatic rings. The zero-order chi connectivity index (χ0) is 20.5. The monoisotopic (exact) mass is 419 g/mol. The number of primary amides is 1. The molecule has 154 valence electrons. The van der Waals surface area contributed by atoms with Crippen molar-refractivity contribution in [1.82, 2.24) is 0 Å². The molecule has 1 aromatic rings. The molecule has 0 radical (unpaired) electrons. The number of urea groups is 1. The van der Waals surface area contributed by atoms with Crippen molar-refractivity contribution in [3.8, 4) is 0 Å². The second-order valence-electron chi connectivity index (χ2n) is 5.61. The van der Waals surface area contributed by atoms with Crippen LogP contribution in [0, 0.1) is 0 Å². The summed E-state index contributed by atoms with van der Waals surface area (Å²) in [5.41, 5.74) is 5.96. The van der Waals surface area contributed by atoms with Gasteiger partial charge < -0.3 is 19.0 Å². The van der Waals surface area contributed by atoms with E-state index in [0.29, 0.717) is 44.5 Å². The Morgan fingerprint density at radius 1 is 1.04 bits per heavy atom. The van der Waals surface area contributed by atoms with E-state index in [2.05, 4.69) is 0 Å². The summed E-state index contributed by atoms with van der Waals surface area (Å²) in [6, 6.07) is 5.53. The molecule has 4 N–H and O–H groups in total. The van der Waals surface area contributed by atoms with Gasteiger partial charge in [-0.3, -0.25) is 4.90 Å². The number of sulfonamides is 1. The highest BCUT2D eigenvalue weighted by molar-refractivity contribution is 7.89. The van der Waals surface area contributed by atoms with Gasteiger partial charge in [-0.25, -0.2) is 18.4 Å². The first kappa shape index (κ1) is 23.5. The maximum absolute atomic E-state index is 11.8. The van der Waals surface area contributed by atoms with Crippen LogP contribution >= 0.6 is 0 Å². The van der Waals surface area contributed by atoms with Gasteiger partial charge in [0.2, 0.25) is 10.0 Å². The van der Waals surface area contributed by atoms with Crippen molar-refractivity contribution in [3.05, 3.63) is 24.3 Å². The fraction of sp³-hybridized carbons (Fsp3) is 0.562. The van der Waals surface area contributed by atoms with Gasteiger partial charge in [0.25, 0.3) is 0 Å². The average Bonchev–Trinajstić information content (AvgIpc) is 2.58. The van der Waals surface area contributed by atoms with E-state index in [9.17, 15) is 13.2 Å². The third-order valence-electron chi connectivity index (χ3n) is 3.70. The molecule has 0 heterocycles. The second-order valence-corrected chi connectivity index (χ2v) is 9.91. The summed E-state index contributed by atoms with van der Waals surface area (Å²) in [5.74, 6) is 0. The zero-order valence-electron chi connectivity index (χ0n) is 16.0. The lowest BCUT2D eigenvalue weighted by Gasteiger charge is -2.29. The van der Waals surface area contributed by atoms with Crippen LogP contribution in [0.2, 0.25) is 6.04 Å². The summed E-state index contributed by atoms with van der Waals surface area (Å²) >= 11 is 0. The fourth-order valence-electron chi connectivity index (χ4n) is 2.64. The van der Waals surface area contributed by atoms with Crippen molar-refractivity contribution in [2.75, 3.05) is 31.3 Å². The molecule has 0 unspecified atom stereocenters. The summed E-state index contributed by atoms with van der Waals surface area (Å²) in [4.78, 5) is 13.2. The lowest BCUT2D eigenvalue weighted by Crippen LogP contribution is -2.47. The molecule has 11 heteroatoms. The zero-order valence-corrected chi connectivity index (χ0v) is 17.8. The lowest BCUT2D eigenvalue weighted by atomic mass is 10.3. The molecule has 27 heavy (non-hydrogen) atoms. The number of carbonyl (C=O) groups is 1. The topological polar surface area (TPSA) is 134 Å². The van der Waals surface area contributed by atoms with Gasteiger partial charge in [0.15, 0.2) is 0 Å². The average molecular weight is 420 g/mol. The largest absolute Gasteiger partial charge is 0.500 e. The number of nitrogens with zero attached hydrogens (tertiary/aromatic N) is 1. The molecule has 0 aromatic heterocycles. The molecule has 0 aliphatic carbocycles. The molecular formula is C16H29N3O6SSi. The van der Waals surface area contributed by atoms with Gasteiger partial charge in [-0.1, -0.05) is 0 Å². The van der Waals surface area contributed by atoms with Crippen molar-refractivity contribution >= 4 is 30.5 Å². The van der Waals surface area contributed by atoms with Crippen LogP contribution in [0.5, 0.6) is 0 Å². The highest BCUT2D eigenvalue weighted by atomic mass is 32.2. The van der Waals surface area contributed by atoms with Gasteiger partial charge in [-0.2, -0.15) is 0 Å². The Labute approximate surface area is 162 Å². The van der Waals surface area contributed by atoms with Crippen molar-refractivity contribution in [2.45, 2.75) is 38.1 Å². The van der Waals surface area contributed by atoms with Gasteiger partial charge in [-0.05, 0) is 51.5 Å². The standard InChI is InChI=1S/C16H29N3O6SSi/c1-4-23-27(24-5-2,25-6-3)13-7-12-19(16(17)20)14-8-10-15(11-9-14)26(18,21)22/h8-11H,4-7,12-13H2,1-3H3,(H2,17,20)(H2,18,21,22). The summed E-state index contributed by atoms with van der Waals surface area (Å²) in [5, 5.41) is 5.09. The minimum absolute atomic E-state index is 0.0360. The predicted molar refractivity (Wildman–Crippen MR) is 105 cm³/mol. The Balaban J connectivity index is 2.86. The number of amides is 2. The fourth-order valence-corrected chi connectivity index (χ4v) is 5.75. The van der Waals surface area contributed by atoms with Crippen LogP contribution in [0.25, 0.3) is 0 Å². The highest BCUT2D eigenvalue weighted by Gasteiger charge is 2.39. The van der Waals surface area contributed by atoms with E-state index in [1.807, 2.05) is 20.8 Å². The maximum atomic E-state index is 11.8. The number of hydrogen-bond donors (Lipinski definition) is 2. The van der Waals surface area contributed by atoms with Crippen molar-refractivity contribution in [1.29, 1.82) is 0 Å². The van der Waals surface area contributed by atoms with Gasteiger partial charge in [-0.15, -0.1) is 0 Å². The number of nitrogens with two attached hydrogens (primary N) is 2. The van der Waals surface area contributed by atoms with Crippen LogP contribution < -0.4 is 15.8 Å². The molecule has 9 nitrogen and oxygen atoms in total. The first-order chi connectivity index (χ1) is 12.7. The van der Waals surface area contributed by atoms with Gasteiger partial charge >= 0.3 is 14.8 Å². The lowest BCUT2D eigenvalue weighted by molar-refractivity contribution is 0.0709. The number of benzene rings is 1. The van der Waals surface area contributed by atoms with E-state index in [4.69, 9.17) is 24.2 Å². The highest BCUT2D eigenvalue weighted by Crippen LogP contribution is 2.21. The Morgan fingerprint density at radius 2 is 1.52 bits per heavy atom. The van der Waals surface area contributed by atoms with Crippen LogP contribution in [-0.4, -0.2) is 49.6 Å². The van der Waals surface area contributed by atoms with E-state index < -0.39 is 24.9 Å². The van der Waals surface area contributed by atoms with Crippen LogP contribution in [0.15, 0.2) is 29.2 Å². The number of carbonyl (C=O) groups excluding carboxylic acids is 1. The molecule has 0 atom stereocenters. The number of primary sulfonamides is 1. The van der Waals surface area contributed by atoms with Crippen molar-refractivity contribution in [3.63, 3.8) is 0 Å². The van der Waals surface area contributed by atoms with E-state index in [1.54, 1.807) is 0 Å². The Hall–Kier alpha value is -1.50.